The quantitative estimate of drug-likeness (QED) is 0.445. The molecule has 1 saturated carbocycles. The summed E-state index contributed by atoms with van der Waals surface area (Å²) >= 11 is 1.42. The lowest BCUT2D eigenvalue weighted by Gasteiger charge is -2.22. The highest BCUT2D eigenvalue weighted by molar-refractivity contribution is 8.00. The third-order valence-corrected chi connectivity index (χ3v) is 6.48. The van der Waals surface area contributed by atoms with Gasteiger partial charge in [0.1, 0.15) is 12.4 Å². The summed E-state index contributed by atoms with van der Waals surface area (Å²) in [6.07, 6.45) is 8.13. The topological polar surface area (TPSA) is 69.0 Å². The molecule has 1 aromatic carbocycles. The molecule has 2 aromatic rings. The predicted molar refractivity (Wildman–Crippen MR) is 121 cm³/mol. The standard InChI is InChI=1S/C23H32N4O2S/c1-4-13-27-21(16-29-20-12-8-9-17(2)14-20)25-26-23(27)30-18(3)22(28)24-15-19-10-6-5-7-11-19/h4,8-9,12,14,18-19H,1,5-7,10-11,13,15-16H2,2-3H3,(H,24,28). The van der Waals surface area contributed by atoms with E-state index in [1.807, 2.05) is 42.7 Å². The van der Waals surface area contributed by atoms with E-state index in [1.165, 1.54) is 43.9 Å². The number of hydrogen-bond acceptors (Lipinski definition) is 5. The number of ether oxygens (including phenoxy) is 1. The highest BCUT2D eigenvalue weighted by Crippen LogP contribution is 2.25. The van der Waals surface area contributed by atoms with Crippen molar-refractivity contribution in [2.75, 3.05) is 6.54 Å². The van der Waals surface area contributed by atoms with E-state index in [0.717, 1.165) is 17.9 Å². The van der Waals surface area contributed by atoms with Gasteiger partial charge in [-0.05, 0) is 50.3 Å². The molecule has 0 saturated heterocycles. The summed E-state index contributed by atoms with van der Waals surface area (Å²) in [5.41, 5.74) is 1.14. The molecule has 3 rings (SSSR count). The number of rotatable bonds is 10. The molecule has 1 aromatic heterocycles. The zero-order valence-electron chi connectivity index (χ0n) is 18.0. The Morgan fingerprint density at radius 1 is 1.37 bits per heavy atom. The average molecular weight is 429 g/mol. The first-order valence-electron chi connectivity index (χ1n) is 10.7. The molecule has 0 aliphatic heterocycles. The van der Waals surface area contributed by atoms with E-state index in [9.17, 15) is 4.79 Å². The van der Waals surface area contributed by atoms with Crippen LogP contribution in [0.1, 0.15) is 50.4 Å². The fourth-order valence-electron chi connectivity index (χ4n) is 3.67. The van der Waals surface area contributed by atoms with Crippen LogP contribution in [0.25, 0.3) is 0 Å². The number of hydrogen-bond donors (Lipinski definition) is 1. The van der Waals surface area contributed by atoms with Crippen molar-refractivity contribution < 1.29 is 9.53 Å². The summed E-state index contributed by atoms with van der Waals surface area (Å²) in [6, 6.07) is 7.91. The number of carbonyl (C=O) groups excluding carboxylic acids is 1. The van der Waals surface area contributed by atoms with Crippen LogP contribution in [-0.4, -0.2) is 32.5 Å². The maximum Gasteiger partial charge on any atom is 0.233 e. The Morgan fingerprint density at radius 3 is 2.90 bits per heavy atom. The largest absolute Gasteiger partial charge is 0.486 e. The van der Waals surface area contributed by atoms with Gasteiger partial charge in [-0.3, -0.25) is 9.36 Å². The number of nitrogens with zero attached hydrogens (tertiary/aromatic N) is 3. The number of aromatic nitrogens is 3. The van der Waals surface area contributed by atoms with Crippen molar-refractivity contribution in [3.8, 4) is 5.75 Å². The monoisotopic (exact) mass is 428 g/mol. The molecule has 7 heteroatoms. The maximum absolute atomic E-state index is 12.6. The molecule has 0 spiro atoms. The first kappa shape index (κ1) is 22.4. The van der Waals surface area contributed by atoms with Crippen LogP contribution in [0.2, 0.25) is 0 Å². The van der Waals surface area contributed by atoms with Gasteiger partial charge in [0.05, 0.1) is 5.25 Å². The number of amides is 1. The van der Waals surface area contributed by atoms with E-state index >= 15 is 0 Å². The van der Waals surface area contributed by atoms with E-state index < -0.39 is 0 Å². The van der Waals surface area contributed by atoms with Gasteiger partial charge in [-0.1, -0.05) is 49.2 Å². The number of benzene rings is 1. The highest BCUT2D eigenvalue weighted by Gasteiger charge is 2.21. The second-order valence-electron chi connectivity index (χ2n) is 7.91. The molecule has 1 heterocycles. The van der Waals surface area contributed by atoms with Crippen LogP contribution >= 0.6 is 11.8 Å². The lowest BCUT2D eigenvalue weighted by molar-refractivity contribution is -0.120. The molecule has 0 bridgehead atoms. The molecule has 1 aliphatic carbocycles. The van der Waals surface area contributed by atoms with Gasteiger partial charge in [0.25, 0.3) is 0 Å². The van der Waals surface area contributed by atoms with Gasteiger partial charge in [-0.25, -0.2) is 0 Å². The molecular formula is C23H32N4O2S. The molecule has 1 atom stereocenters. The van der Waals surface area contributed by atoms with Gasteiger partial charge in [-0.2, -0.15) is 0 Å². The summed E-state index contributed by atoms with van der Waals surface area (Å²) in [5.74, 6) is 2.19. The molecular weight excluding hydrogens is 396 g/mol. The second-order valence-corrected chi connectivity index (χ2v) is 9.22. The van der Waals surface area contributed by atoms with E-state index in [4.69, 9.17) is 4.74 Å². The third kappa shape index (κ3) is 6.36. The normalized spacial score (nSPS) is 15.5. The summed E-state index contributed by atoms with van der Waals surface area (Å²) in [6.45, 7) is 9.44. The number of thioether (sulfide) groups is 1. The van der Waals surface area contributed by atoms with Gasteiger partial charge < -0.3 is 10.1 Å². The van der Waals surface area contributed by atoms with Crippen LogP contribution in [0.15, 0.2) is 42.1 Å². The van der Waals surface area contributed by atoms with Crippen molar-refractivity contribution in [2.24, 2.45) is 5.92 Å². The van der Waals surface area contributed by atoms with E-state index in [-0.39, 0.29) is 11.2 Å². The third-order valence-electron chi connectivity index (χ3n) is 5.40. The molecule has 0 radical (unpaired) electrons. The van der Waals surface area contributed by atoms with E-state index in [2.05, 4.69) is 22.1 Å². The molecule has 1 unspecified atom stereocenters. The van der Waals surface area contributed by atoms with Gasteiger partial charge >= 0.3 is 0 Å². The molecule has 1 fully saturated rings. The first-order chi connectivity index (χ1) is 14.6. The fraction of sp³-hybridized carbons (Fsp3) is 0.522. The zero-order valence-corrected chi connectivity index (χ0v) is 18.8. The first-order valence-corrected chi connectivity index (χ1v) is 11.6. The second kappa shape index (κ2) is 11.2. The Balaban J connectivity index is 1.57. The molecule has 162 valence electrons. The number of nitrogens with one attached hydrogen (secondary N) is 1. The lowest BCUT2D eigenvalue weighted by Crippen LogP contribution is -2.35. The maximum atomic E-state index is 12.6. The average Bonchev–Trinajstić information content (AvgIpc) is 3.13. The Hall–Kier alpha value is -2.28. The number of aryl methyl sites for hydroxylation is 1. The Kier molecular flexibility index (Phi) is 8.37. The highest BCUT2D eigenvalue weighted by atomic mass is 32.2. The van der Waals surface area contributed by atoms with Crippen LogP contribution in [0.3, 0.4) is 0 Å². The molecule has 6 nitrogen and oxygen atoms in total. The zero-order chi connectivity index (χ0) is 21.3. The van der Waals surface area contributed by atoms with E-state index in [0.29, 0.717) is 30.1 Å². The van der Waals surface area contributed by atoms with Crippen LogP contribution in [0.4, 0.5) is 0 Å². The van der Waals surface area contributed by atoms with Crippen molar-refractivity contribution in [1.82, 2.24) is 20.1 Å². The van der Waals surface area contributed by atoms with Gasteiger partial charge in [-0.15, -0.1) is 16.8 Å². The van der Waals surface area contributed by atoms with Crippen LogP contribution in [0.5, 0.6) is 5.75 Å². The van der Waals surface area contributed by atoms with Crippen LogP contribution in [-0.2, 0) is 17.9 Å². The van der Waals surface area contributed by atoms with Crippen LogP contribution in [0, 0.1) is 12.8 Å². The van der Waals surface area contributed by atoms with Crippen molar-refractivity contribution in [2.45, 2.75) is 69.5 Å². The molecule has 1 N–H and O–H groups in total. The SMILES string of the molecule is C=CCn1c(COc2cccc(C)c2)nnc1SC(C)C(=O)NCC1CCCCC1. The minimum absolute atomic E-state index is 0.0521. The number of allylic oxidation sites excluding steroid dienone is 1. The van der Waals surface area contributed by atoms with Gasteiger partial charge in [0, 0.05) is 13.1 Å². The summed E-state index contributed by atoms with van der Waals surface area (Å²) < 4.78 is 7.84. The summed E-state index contributed by atoms with van der Waals surface area (Å²) in [7, 11) is 0. The van der Waals surface area contributed by atoms with Gasteiger partial charge in [0.15, 0.2) is 11.0 Å². The molecule has 30 heavy (non-hydrogen) atoms. The fourth-order valence-corrected chi connectivity index (χ4v) is 4.57. The minimum atomic E-state index is -0.244. The Labute approximate surface area is 183 Å². The summed E-state index contributed by atoms with van der Waals surface area (Å²) in [5, 5.41) is 12.2. The van der Waals surface area contributed by atoms with Crippen molar-refractivity contribution in [3.05, 3.63) is 48.3 Å². The molecule has 1 amide bonds. The van der Waals surface area contributed by atoms with Crippen molar-refractivity contribution >= 4 is 17.7 Å². The summed E-state index contributed by atoms with van der Waals surface area (Å²) in [4.78, 5) is 12.6. The number of carbonyl (C=O) groups is 1. The molecule has 1 aliphatic rings. The van der Waals surface area contributed by atoms with Crippen LogP contribution < -0.4 is 10.1 Å². The minimum Gasteiger partial charge on any atom is -0.486 e. The lowest BCUT2D eigenvalue weighted by atomic mass is 9.89. The predicted octanol–water partition coefficient (Wildman–Crippen LogP) is 4.53. The Bertz CT molecular complexity index is 845. The van der Waals surface area contributed by atoms with Gasteiger partial charge in [0.2, 0.25) is 5.91 Å². The van der Waals surface area contributed by atoms with Crippen molar-refractivity contribution in [1.29, 1.82) is 0 Å². The smallest absolute Gasteiger partial charge is 0.233 e. The van der Waals surface area contributed by atoms with Crippen molar-refractivity contribution in [3.63, 3.8) is 0 Å². The van der Waals surface area contributed by atoms with E-state index in [1.54, 1.807) is 6.08 Å². The Morgan fingerprint density at radius 2 is 2.17 bits per heavy atom.